The van der Waals surface area contributed by atoms with Gasteiger partial charge in [0.05, 0.1) is 13.2 Å². The van der Waals surface area contributed by atoms with Gasteiger partial charge in [-0.25, -0.2) is 4.79 Å². The number of hydrogen-bond acceptors (Lipinski definition) is 5. The minimum atomic E-state index is -0.605. The molecule has 0 aromatic heterocycles. The standard InChI is InChI=1S/C18H35N3O4/c1-7-13(2)15(20-17(23)25-18(4,5)6)16(22)19-14(3)12-21-8-10-24-11-9-21/h13-15H,7-12H2,1-6H3,(H,19,22)(H,20,23). The molecule has 1 heterocycles. The zero-order valence-corrected chi connectivity index (χ0v) is 16.6. The van der Waals surface area contributed by atoms with Crippen LogP contribution in [0.4, 0.5) is 4.79 Å². The number of alkyl carbamates (subject to hydrolysis) is 1. The highest BCUT2D eigenvalue weighted by Crippen LogP contribution is 2.11. The molecule has 1 aliphatic rings. The highest BCUT2D eigenvalue weighted by molar-refractivity contribution is 5.86. The van der Waals surface area contributed by atoms with Crippen LogP contribution in [0.1, 0.15) is 48.0 Å². The molecule has 3 atom stereocenters. The van der Waals surface area contributed by atoms with Crippen LogP contribution in [0.5, 0.6) is 0 Å². The number of nitrogens with one attached hydrogen (secondary N) is 2. The molecule has 1 saturated heterocycles. The van der Waals surface area contributed by atoms with Gasteiger partial charge in [-0.15, -0.1) is 0 Å². The molecule has 1 rings (SSSR count). The third kappa shape index (κ3) is 8.54. The van der Waals surface area contributed by atoms with E-state index in [4.69, 9.17) is 9.47 Å². The quantitative estimate of drug-likeness (QED) is 0.726. The van der Waals surface area contributed by atoms with Gasteiger partial charge in [-0.3, -0.25) is 9.69 Å². The number of amides is 2. The summed E-state index contributed by atoms with van der Waals surface area (Å²) < 4.78 is 10.6. The first kappa shape index (κ1) is 21.7. The highest BCUT2D eigenvalue weighted by Gasteiger charge is 2.29. The Hall–Kier alpha value is -1.34. The van der Waals surface area contributed by atoms with Gasteiger partial charge in [0, 0.05) is 25.7 Å². The van der Waals surface area contributed by atoms with E-state index in [0.717, 1.165) is 39.3 Å². The Balaban J connectivity index is 2.58. The van der Waals surface area contributed by atoms with Gasteiger partial charge in [0.1, 0.15) is 11.6 Å². The first-order valence-corrected chi connectivity index (χ1v) is 9.22. The van der Waals surface area contributed by atoms with Crippen molar-refractivity contribution in [1.29, 1.82) is 0 Å². The predicted octanol–water partition coefficient (Wildman–Crippen LogP) is 1.76. The van der Waals surface area contributed by atoms with E-state index in [2.05, 4.69) is 15.5 Å². The summed E-state index contributed by atoms with van der Waals surface area (Å²) in [6.07, 6.45) is 0.222. The molecule has 0 spiro atoms. The van der Waals surface area contributed by atoms with E-state index in [-0.39, 0.29) is 17.9 Å². The van der Waals surface area contributed by atoms with Crippen LogP contribution in [0, 0.1) is 5.92 Å². The number of morpholine rings is 1. The van der Waals surface area contributed by atoms with Crippen LogP contribution < -0.4 is 10.6 Å². The summed E-state index contributed by atoms with van der Waals surface area (Å²) in [7, 11) is 0. The van der Waals surface area contributed by atoms with Crippen LogP contribution in [0.2, 0.25) is 0 Å². The first-order valence-electron chi connectivity index (χ1n) is 9.22. The van der Waals surface area contributed by atoms with Crippen molar-refractivity contribution in [2.75, 3.05) is 32.8 Å². The van der Waals surface area contributed by atoms with Crippen molar-refractivity contribution >= 4 is 12.0 Å². The maximum absolute atomic E-state index is 12.7. The monoisotopic (exact) mass is 357 g/mol. The topological polar surface area (TPSA) is 79.9 Å². The molecule has 0 aromatic rings. The second kappa shape index (κ2) is 9.97. The number of nitrogens with zero attached hydrogens (tertiary/aromatic N) is 1. The molecule has 1 aliphatic heterocycles. The van der Waals surface area contributed by atoms with Crippen LogP contribution in [0.15, 0.2) is 0 Å². The summed E-state index contributed by atoms with van der Waals surface area (Å²) in [5, 5.41) is 5.75. The summed E-state index contributed by atoms with van der Waals surface area (Å²) in [5.74, 6) is -0.149. The Morgan fingerprint density at radius 1 is 1.16 bits per heavy atom. The largest absolute Gasteiger partial charge is 0.444 e. The van der Waals surface area contributed by atoms with Gasteiger partial charge < -0.3 is 20.1 Å². The second-order valence-corrected chi connectivity index (χ2v) is 7.83. The van der Waals surface area contributed by atoms with Crippen LogP contribution in [-0.2, 0) is 14.3 Å². The van der Waals surface area contributed by atoms with Gasteiger partial charge in [-0.2, -0.15) is 0 Å². The maximum atomic E-state index is 12.7. The summed E-state index contributed by atoms with van der Waals surface area (Å²) >= 11 is 0. The normalized spacial score (nSPS) is 19.6. The van der Waals surface area contributed by atoms with Gasteiger partial charge in [0.2, 0.25) is 5.91 Å². The Kier molecular flexibility index (Phi) is 8.65. The maximum Gasteiger partial charge on any atom is 0.408 e. The number of hydrogen-bond donors (Lipinski definition) is 2. The highest BCUT2D eigenvalue weighted by atomic mass is 16.6. The van der Waals surface area contributed by atoms with Gasteiger partial charge >= 0.3 is 6.09 Å². The summed E-state index contributed by atoms with van der Waals surface area (Å²) in [6, 6.07) is -0.607. The molecule has 0 radical (unpaired) electrons. The molecule has 7 heteroatoms. The number of rotatable bonds is 7. The van der Waals surface area contributed by atoms with Gasteiger partial charge in [-0.05, 0) is 33.6 Å². The zero-order valence-electron chi connectivity index (χ0n) is 16.6. The van der Waals surface area contributed by atoms with Crippen molar-refractivity contribution in [1.82, 2.24) is 15.5 Å². The molecular formula is C18H35N3O4. The van der Waals surface area contributed by atoms with Crippen molar-refractivity contribution < 1.29 is 19.1 Å². The molecule has 7 nitrogen and oxygen atoms in total. The number of carbonyl (C=O) groups is 2. The molecule has 3 unspecified atom stereocenters. The predicted molar refractivity (Wildman–Crippen MR) is 97.5 cm³/mol. The molecule has 0 aliphatic carbocycles. The summed E-state index contributed by atoms with van der Waals surface area (Å²) in [5.41, 5.74) is -0.593. The van der Waals surface area contributed by atoms with E-state index < -0.39 is 17.7 Å². The lowest BCUT2D eigenvalue weighted by molar-refractivity contribution is -0.125. The second-order valence-electron chi connectivity index (χ2n) is 7.83. The van der Waals surface area contributed by atoms with E-state index in [1.807, 2.05) is 20.8 Å². The van der Waals surface area contributed by atoms with Crippen LogP contribution in [0.25, 0.3) is 0 Å². The van der Waals surface area contributed by atoms with Gasteiger partial charge in [0.25, 0.3) is 0 Å². The lowest BCUT2D eigenvalue weighted by atomic mass is 9.98. The smallest absolute Gasteiger partial charge is 0.408 e. The lowest BCUT2D eigenvalue weighted by Gasteiger charge is -2.31. The van der Waals surface area contributed by atoms with Gasteiger partial charge in [-0.1, -0.05) is 20.3 Å². The molecule has 25 heavy (non-hydrogen) atoms. The van der Waals surface area contributed by atoms with Gasteiger partial charge in [0.15, 0.2) is 0 Å². The van der Waals surface area contributed by atoms with Crippen molar-refractivity contribution in [2.24, 2.45) is 5.92 Å². The van der Waals surface area contributed by atoms with Crippen molar-refractivity contribution in [3.63, 3.8) is 0 Å². The number of ether oxygens (including phenoxy) is 2. The molecule has 0 aromatic carbocycles. The van der Waals surface area contributed by atoms with E-state index in [1.54, 1.807) is 20.8 Å². The lowest BCUT2D eigenvalue weighted by Crippen LogP contribution is -2.55. The minimum Gasteiger partial charge on any atom is -0.444 e. The van der Waals surface area contributed by atoms with Crippen LogP contribution in [-0.4, -0.2) is 67.4 Å². The van der Waals surface area contributed by atoms with Crippen LogP contribution >= 0.6 is 0 Å². The molecule has 1 fully saturated rings. The molecule has 2 amide bonds. The van der Waals surface area contributed by atoms with Crippen LogP contribution in [0.3, 0.4) is 0 Å². The van der Waals surface area contributed by atoms with Crippen molar-refractivity contribution in [3.8, 4) is 0 Å². The first-order chi connectivity index (χ1) is 11.6. The van der Waals surface area contributed by atoms with E-state index in [9.17, 15) is 9.59 Å². The Morgan fingerprint density at radius 3 is 2.28 bits per heavy atom. The number of carbonyl (C=O) groups excluding carboxylic acids is 2. The molecule has 0 saturated carbocycles. The zero-order chi connectivity index (χ0) is 19.0. The SMILES string of the molecule is CCC(C)C(NC(=O)OC(C)(C)C)C(=O)NC(C)CN1CCOCC1. The fourth-order valence-electron chi connectivity index (χ4n) is 2.69. The Bertz CT molecular complexity index is 431. The summed E-state index contributed by atoms with van der Waals surface area (Å²) in [4.78, 5) is 27.0. The summed E-state index contributed by atoms with van der Waals surface area (Å²) in [6.45, 7) is 15.3. The fourth-order valence-corrected chi connectivity index (χ4v) is 2.69. The fraction of sp³-hybridized carbons (Fsp3) is 0.889. The Labute approximate surface area is 151 Å². The third-order valence-corrected chi connectivity index (χ3v) is 4.19. The molecule has 0 bridgehead atoms. The Morgan fingerprint density at radius 2 is 1.76 bits per heavy atom. The third-order valence-electron chi connectivity index (χ3n) is 4.19. The van der Waals surface area contributed by atoms with E-state index in [0.29, 0.717) is 0 Å². The average Bonchev–Trinajstić information content (AvgIpc) is 2.50. The van der Waals surface area contributed by atoms with Crippen molar-refractivity contribution in [2.45, 2.75) is 65.6 Å². The van der Waals surface area contributed by atoms with E-state index in [1.165, 1.54) is 0 Å². The molecule has 146 valence electrons. The average molecular weight is 357 g/mol. The molecule has 2 N–H and O–H groups in total. The molecular weight excluding hydrogens is 322 g/mol. The van der Waals surface area contributed by atoms with Crippen molar-refractivity contribution in [3.05, 3.63) is 0 Å². The van der Waals surface area contributed by atoms with E-state index >= 15 is 0 Å². The minimum absolute atomic E-state index is 0.00223.